The van der Waals surface area contributed by atoms with Crippen molar-refractivity contribution in [2.45, 2.75) is 6.42 Å². The highest BCUT2D eigenvalue weighted by Crippen LogP contribution is 2.17. The zero-order chi connectivity index (χ0) is 21.3. The fourth-order valence-corrected chi connectivity index (χ4v) is 2.70. The maximum absolute atomic E-state index is 13.6. The number of amides is 2. The van der Waals surface area contributed by atoms with Gasteiger partial charge in [-0.2, -0.15) is 0 Å². The number of hydrogen-bond acceptors (Lipinski definition) is 4. The fourth-order valence-electron chi connectivity index (χ4n) is 2.70. The summed E-state index contributed by atoms with van der Waals surface area (Å²) < 4.78 is 18.6. The topological polar surface area (TPSA) is 84.5 Å². The quantitative estimate of drug-likeness (QED) is 0.585. The lowest BCUT2D eigenvalue weighted by molar-refractivity contribution is -0.119. The summed E-state index contributed by atoms with van der Waals surface area (Å²) in [6, 6.07) is 21.2. The van der Waals surface area contributed by atoms with E-state index in [0.717, 1.165) is 5.56 Å². The highest BCUT2D eigenvalue weighted by molar-refractivity contribution is 6.02. The molecule has 0 radical (unpaired) electrons. The van der Waals surface area contributed by atoms with Gasteiger partial charge in [0.1, 0.15) is 5.82 Å². The third-order valence-electron chi connectivity index (χ3n) is 4.11. The molecule has 30 heavy (non-hydrogen) atoms. The van der Waals surface area contributed by atoms with Crippen molar-refractivity contribution in [3.05, 3.63) is 95.8 Å². The maximum Gasteiger partial charge on any atom is 0.340 e. The second kappa shape index (κ2) is 9.97. The summed E-state index contributed by atoms with van der Waals surface area (Å²) in [6.45, 7) is -0.598. The number of para-hydroxylation sites is 2. The molecule has 0 saturated carbocycles. The van der Waals surface area contributed by atoms with Crippen molar-refractivity contribution in [1.29, 1.82) is 0 Å². The standard InChI is InChI=1S/C23H19FN2O4/c24-18-11-5-7-13-20(18)26-22(28)15-30-23(29)17-10-4-6-12-19(17)25-21(27)14-16-8-2-1-3-9-16/h1-13H,14-15H2,(H,25,27)(H,26,28). The van der Waals surface area contributed by atoms with Gasteiger partial charge in [-0.05, 0) is 29.8 Å². The van der Waals surface area contributed by atoms with Crippen LogP contribution in [-0.4, -0.2) is 24.4 Å². The Bertz CT molecular complexity index is 1050. The highest BCUT2D eigenvalue weighted by atomic mass is 19.1. The first-order valence-corrected chi connectivity index (χ1v) is 9.17. The summed E-state index contributed by atoms with van der Waals surface area (Å²) >= 11 is 0. The summed E-state index contributed by atoms with van der Waals surface area (Å²) in [6.07, 6.45) is 0.148. The summed E-state index contributed by atoms with van der Waals surface area (Å²) in [7, 11) is 0. The van der Waals surface area contributed by atoms with Gasteiger partial charge >= 0.3 is 5.97 Å². The second-order valence-electron chi connectivity index (χ2n) is 6.36. The molecule has 2 amide bonds. The van der Waals surface area contributed by atoms with Crippen LogP contribution in [0.2, 0.25) is 0 Å². The van der Waals surface area contributed by atoms with Crippen molar-refractivity contribution in [3.8, 4) is 0 Å². The van der Waals surface area contributed by atoms with E-state index in [1.807, 2.05) is 30.3 Å². The molecule has 0 bridgehead atoms. The number of carbonyl (C=O) groups excluding carboxylic acids is 3. The Kier molecular flexibility index (Phi) is 6.89. The molecule has 0 unspecified atom stereocenters. The van der Waals surface area contributed by atoms with Crippen LogP contribution in [0, 0.1) is 5.82 Å². The lowest BCUT2D eigenvalue weighted by Gasteiger charge is -2.11. The van der Waals surface area contributed by atoms with Gasteiger partial charge in [0, 0.05) is 0 Å². The molecule has 0 atom stereocenters. The Labute approximate surface area is 172 Å². The number of carbonyl (C=O) groups is 3. The Morgan fingerprint density at radius 2 is 1.33 bits per heavy atom. The van der Waals surface area contributed by atoms with E-state index >= 15 is 0 Å². The van der Waals surface area contributed by atoms with Gasteiger partial charge in [-0.15, -0.1) is 0 Å². The molecule has 0 saturated heterocycles. The second-order valence-corrected chi connectivity index (χ2v) is 6.36. The molecule has 3 aromatic carbocycles. The normalized spacial score (nSPS) is 10.2. The Balaban J connectivity index is 1.59. The van der Waals surface area contributed by atoms with Crippen LogP contribution in [-0.2, 0) is 20.7 Å². The average Bonchev–Trinajstić information content (AvgIpc) is 2.75. The van der Waals surface area contributed by atoms with Crippen molar-refractivity contribution < 1.29 is 23.5 Å². The van der Waals surface area contributed by atoms with Gasteiger partial charge in [0.15, 0.2) is 6.61 Å². The Morgan fingerprint density at radius 1 is 0.733 bits per heavy atom. The van der Waals surface area contributed by atoms with Crippen LogP contribution in [0.3, 0.4) is 0 Å². The molecule has 0 fully saturated rings. The zero-order valence-electron chi connectivity index (χ0n) is 15.9. The van der Waals surface area contributed by atoms with Crippen LogP contribution >= 0.6 is 0 Å². The molecule has 7 heteroatoms. The number of rotatable bonds is 7. The van der Waals surface area contributed by atoms with E-state index in [9.17, 15) is 18.8 Å². The van der Waals surface area contributed by atoms with Gasteiger partial charge in [-0.25, -0.2) is 9.18 Å². The summed E-state index contributed by atoms with van der Waals surface area (Å²) in [4.78, 5) is 36.6. The van der Waals surface area contributed by atoms with Gasteiger partial charge < -0.3 is 15.4 Å². The van der Waals surface area contributed by atoms with E-state index in [1.54, 1.807) is 24.3 Å². The minimum atomic E-state index is -0.783. The summed E-state index contributed by atoms with van der Waals surface area (Å²) in [5.41, 5.74) is 1.21. The van der Waals surface area contributed by atoms with E-state index in [2.05, 4.69) is 10.6 Å². The smallest absolute Gasteiger partial charge is 0.340 e. The molecule has 0 aromatic heterocycles. The predicted octanol–water partition coefficient (Wildman–Crippen LogP) is 3.80. The molecule has 3 aromatic rings. The molecular formula is C23H19FN2O4. The molecule has 0 aliphatic rings. The highest BCUT2D eigenvalue weighted by Gasteiger charge is 2.16. The van der Waals surface area contributed by atoms with Crippen LogP contribution in [0.4, 0.5) is 15.8 Å². The van der Waals surface area contributed by atoms with Gasteiger partial charge in [-0.3, -0.25) is 9.59 Å². The first kappa shape index (κ1) is 20.7. The van der Waals surface area contributed by atoms with Crippen molar-refractivity contribution in [1.82, 2.24) is 0 Å². The predicted molar refractivity (Wildman–Crippen MR) is 111 cm³/mol. The molecule has 0 aliphatic heterocycles. The number of ether oxygens (including phenoxy) is 1. The van der Waals surface area contributed by atoms with Crippen LogP contribution in [0.15, 0.2) is 78.9 Å². The number of anilines is 2. The van der Waals surface area contributed by atoms with Crippen LogP contribution < -0.4 is 10.6 Å². The van der Waals surface area contributed by atoms with Gasteiger partial charge in [-0.1, -0.05) is 54.6 Å². The molecule has 3 rings (SSSR count). The fraction of sp³-hybridized carbons (Fsp3) is 0.0870. The zero-order valence-corrected chi connectivity index (χ0v) is 15.9. The minimum absolute atomic E-state index is 0.00729. The maximum atomic E-state index is 13.6. The van der Waals surface area contributed by atoms with Crippen molar-refractivity contribution >= 4 is 29.2 Å². The number of nitrogens with one attached hydrogen (secondary N) is 2. The SMILES string of the molecule is O=C(COC(=O)c1ccccc1NC(=O)Cc1ccccc1)Nc1ccccc1F. The van der Waals surface area contributed by atoms with Crippen LogP contribution in [0.25, 0.3) is 0 Å². The molecule has 0 spiro atoms. The van der Waals surface area contributed by atoms with Gasteiger partial charge in [0.05, 0.1) is 23.4 Å². The van der Waals surface area contributed by atoms with Gasteiger partial charge in [0.25, 0.3) is 5.91 Å². The molecule has 6 nitrogen and oxygen atoms in total. The lowest BCUT2D eigenvalue weighted by Crippen LogP contribution is -2.22. The monoisotopic (exact) mass is 406 g/mol. The summed E-state index contributed by atoms with van der Waals surface area (Å²) in [5.74, 6) is -2.35. The van der Waals surface area contributed by atoms with Crippen molar-refractivity contribution in [3.63, 3.8) is 0 Å². The van der Waals surface area contributed by atoms with E-state index in [-0.39, 0.29) is 29.3 Å². The minimum Gasteiger partial charge on any atom is -0.452 e. The number of halogens is 1. The first-order valence-electron chi connectivity index (χ1n) is 9.17. The third kappa shape index (κ3) is 5.75. The largest absolute Gasteiger partial charge is 0.452 e. The van der Waals surface area contributed by atoms with Crippen LogP contribution in [0.1, 0.15) is 15.9 Å². The number of benzene rings is 3. The average molecular weight is 406 g/mol. The van der Waals surface area contributed by atoms with E-state index in [4.69, 9.17) is 4.74 Å². The molecule has 0 aliphatic carbocycles. The Morgan fingerprint density at radius 3 is 2.07 bits per heavy atom. The Hall–Kier alpha value is -4.00. The molecular weight excluding hydrogens is 387 g/mol. The molecule has 0 heterocycles. The van der Waals surface area contributed by atoms with E-state index < -0.39 is 24.3 Å². The van der Waals surface area contributed by atoms with Gasteiger partial charge in [0.2, 0.25) is 5.91 Å². The molecule has 2 N–H and O–H groups in total. The first-order chi connectivity index (χ1) is 14.5. The van der Waals surface area contributed by atoms with E-state index in [0.29, 0.717) is 0 Å². The summed E-state index contributed by atoms with van der Waals surface area (Å²) in [5, 5.41) is 5.02. The number of hydrogen-bond donors (Lipinski definition) is 2. The third-order valence-corrected chi connectivity index (χ3v) is 4.11. The van der Waals surface area contributed by atoms with Crippen molar-refractivity contribution in [2.75, 3.05) is 17.2 Å². The van der Waals surface area contributed by atoms with Crippen molar-refractivity contribution in [2.24, 2.45) is 0 Å². The molecule has 152 valence electrons. The van der Waals surface area contributed by atoms with Crippen LogP contribution in [0.5, 0.6) is 0 Å². The number of esters is 1. The lowest BCUT2D eigenvalue weighted by atomic mass is 10.1. The van der Waals surface area contributed by atoms with E-state index in [1.165, 1.54) is 24.3 Å².